The molecule has 3 rings (SSSR count). The van der Waals surface area contributed by atoms with Crippen molar-refractivity contribution in [3.05, 3.63) is 29.8 Å². The average molecular weight is 359 g/mol. The summed E-state index contributed by atoms with van der Waals surface area (Å²) in [6.07, 6.45) is 5.87. The molecular weight excluding hydrogens is 330 g/mol. The number of carbonyl (C=O) groups is 2. The summed E-state index contributed by atoms with van der Waals surface area (Å²) in [5.41, 5.74) is 1.33. The first kappa shape index (κ1) is 18.7. The first-order chi connectivity index (χ1) is 12.7. The third kappa shape index (κ3) is 4.77. The molecule has 1 aliphatic heterocycles. The normalized spacial score (nSPS) is 20.3. The van der Waals surface area contributed by atoms with Gasteiger partial charge in [0.15, 0.2) is 0 Å². The molecule has 2 aliphatic rings. The molecule has 1 heterocycles. The summed E-state index contributed by atoms with van der Waals surface area (Å²) in [5, 5.41) is 0. The van der Waals surface area contributed by atoms with Crippen LogP contribution in [-0.2, 0) is 14.3 Å². The van der Waals surface area contributed by atoms with Crippen molar-refractivity contribution in [2.24, 2.45) is 5.92 Å². The van der Waals surface area contributed by atoms with E-state index in [0.29, 0.717) is 38.1 Å². The van der Waals surface area contributed by atoms with E-state index < -0.39 is 5.97 Å². The summed E-state index contributed by atoms with van der Waals surface area (Å²) in [6.45, 7) is 4.02. The van der Waals surface area contributed by atoms with Crippen molar-refractivity contribution in [1.29, 1.82) is 0 Å². The number of benzene rings is 1. The molecule has 1 amide bonds. The maximum atomic E-state index is 12.2. The highest BCUT2D eigenvalue weighted by Crippen LogP contribution is 2.38. The lowest BCUT2D eigenvalue weighted by atomic mass is 9.97. The van der Waals surface area contributed by atoms with Crippen molar-refractivity contribution in [3.8, 4) is 5.75 Å². The van der Waals surface area contributed by atoms with Gasteiger partial charge >= 0.3 is 5.97 Å². The van der Waals surface area contributed by atoms with Gasteiger partial charge in [-0.05, 0) is 43.7 Å². The third-order valence-electron chi connectivity index (χ3n) is 5.43. The van der Waals surface area contributed by atoms with Gasteiger partial charge in [0, 0.05) is 19.0 Å². The van der Waals surface area contributed by atoms with Crippen LogP contribution in [0.25, 0.3) is 0 Å². The predicted molar refractivity (Wildman–Crippen MR) is 99.1 cm³/mol. The van der Waals surface area contributed by atoms with Crippen LogP contribution in [0.1, 0.15) is 56.9 Å². The molecule has 1 aromatic carbocycles. The van der Waals surface area contributed by atoms with E-state index in [4.69, 9.17) is 9.47 Å². The fourth-order valence-electron chi connectivity index (χ4n) is 4.04. The molecule has 1 unspecified atom stereocenters. The summed E-state index contributed by atoms with van der Waals surface area (Å²) in [7, 11) is 0. The number of hydrogen-bond donors (Lipinski definition) is 0. The highest BCUT2D eigenvalue weighted by Gasteiger charge is 2.28. The summed E-state index contributed by atoms with van der Waals surface area (Å²) in [6, 6.07) is 8.37. The van der Waals surface area contributed by atoms with Gasteiger partial charge in [-0.1, -0.05) is 31.0 Å². The summed E-state index contributed by atoms with van der Waals surface area (Å²) >= 11 is 0. The fourth-order valence-corrected chi connectivity index (χ4v) is 4.04. The minimum Gasteiger partial charge on any atom is -0.493 e. The number of likely N-dealkylation sites (tertiary alicyclic amines) is 1. The summed E-state index contributed by atoms with van der Waals surface area (Å²) < 4.78 is 11.0. The molecule has 0 radical (unpaired) electrons. The lowest BCUT2D eigenvalue weighted by molar-refractivity contribution is -0.148. The molecule has 26 heavy (non-hydrogen) atoms. The number of nitrogens with zero attached hydrogens (tertiary/aromatic N) is 1. The second-order valence-corrected chi connectivity index (χ2v) is 7.31. The van der Waals surface area contributed by atoms with Crippen LogP contribution in [-0.4, -0.2) is 43.1 Å². The van der Waals surface area contributed by atoms with Crippen molar-refractivity contribution < 1.29 is 19.1 Å². The molecule has 142 valence electrons. The molecule has 1 saturated carbocycles. The zero-order chi connectivity index (χ0) is 18.4. The summed E-state index contributed by atoms with van der Waals surface area (Å²) in [4.78, 5) is 25.4. The molecule has 0 aromatic heterocycles. The molecule has 0 spiro atoms. The molecule has 1 saturated heterocycles. The zero-order valence-corrected chi connectivity index (χ0v) is 15.6. The SMILES string of the molecule is CCOC(=O)CC(=O)N1CCC(COc2ccccc2C2CCCC2)C1. The molecule has 1 aliphatic carbocycles. The summed E-state index contributed by atoms with van der Waals surface area (Å²) in [5.74, 6) is 1.35. The van der Waals surface area contributed by atoms with E-state index >= 15 is 0 Å². The molecule has 2 fully saturated rings. The topological polar surface area (TPSA) is 55.8 Å². The number of esters is 1. The highest BCUT2D eigenvalue weighted by molar-refractivity contribution is 5.94. The third-order valence-corrected chi connectivity index (χ3v) is 5.43. The lowest BCUT2D eigenvalue weighted by Gasteiger charge is -2.19. The minimum absolute atomic E-state index is 0.141. The van der Waals surface area contributed by atoms with Gasteiger partial charge in [0.05, 0.1) is 13.2 Å². The second kappa shape index (κ2) is 9.06. The van der Waals surface area contributed by atoms with E-state index in [1.54, 1.807) is 11.8 Å². The van der Waals surface area contributed by atoms with E-state index in [1.807, 2.05) is 6.07 Å². The molecule has 1 atom stereocenters. The number of hydrogen-bond acceptors (Lipinski definition) is 4. The van der Waals surface area contributed by atoms with Crippen LogP contribution < -0.4 is 4.74 Å². The van der Waals surface area contributed by atoms with Crippen LogP contribution in [0, 0.1) is 5.92 Å². The van der Waals surface area contributed by atoms with E-state index in [0.717, 1.165) is 12.2 Å². The minimum atomic E-state index is -0.442. The van der Waals surface area contributed by atoms with E-state index in [2.05, 4.69) is 18.2 Å². The van der Waals surface area contributed by atoms with Gasteiger partial charge in [-0.2, -0.15) is 0 Å². The zero-order valence-electron chi connectivity index (χ0n) is 15.6. The van der Waals surface area contributed by atoms with Gasteiger partial charge in [0.2, 0.25) is 5.91 Å². The molecule has 1 aromatic rings. The van der Waals surface area contributed by atoms with Crippen LogP contribution in [0.3, 0.4) is 0 Å². The smallest absolute Gasteiger partial charge is 0.315 e. The number of rotatable bonds is 7. The maximum absolute atomic E-state index is 12.2. The van der Waals surface area contributed by atoms with Crippen LogP contribution in [0.15, 0.2) is 24.3 Å². The molecule has 5 nitrogen and oxygen atoms in total. The Morgan fingerprint density at radius 1 is 1.15 bits per heavy atom. The Bertz CT molecular complexity index is 624. The van der Waals surface area contributed by atoms with Crippen molar-refractivity contribution in [3.63, 3.8) is 0 Å². The largest absolute Gasteiger partial charge is 0.493 e. The second-order valence-electron chi connectivity index (χ2n) is 7.31. The first-order valence-electron chi connectivity index (χ1n) is 9.82. The van der Waals surface area contributed by atoms with Crippen LogP contribution in [0.4, 0.5) is 0 Å². The van der Waals surface area contributed by atoms with Gasteiger partial charge in [0.1, 0.15) is 12.2 Å². The monoisotopic (exact) mass is 359 g/mol. The van der Waals surface area contributed by atoms with Crippen molar-refractivity contribution in [2.75, 3.05) is 26.3 Å². The van der Waals surface area contributed by atoms with Crippen LogP contribution in [0.5, 0.6) is 5.75 Å². The Kier molecular flexibility index (Phi) is 6.53. The van der Waals surface area contributed by atoms with Gasteiger partial charge < -0.3 is 14.4 Å². The van der Waals surface area contributed by atoms with Gasteiger partial charge in [-0.3, -0.25) is 9.59 Å². The number of carbonyl (C=O) groups excluding carboxylic acids is 2. The number of para-hydroxylation sites is 1. The van der Waals surface area contributed by atoms with Gasteiger partial charge in [-0.15, -0.1) is 0 Å². The number of amides is 1. The van der Waals surface area contributed by atoms with E-state index in [1.165, 1.54) is 31.2 Å². The highest BCUT2D eigenvalue weighted by atomic mass is 16.5. The average Bonchev–Trinajstić information content (AvgIpc) is 3.32. The van der Waals surface area contributed by atoms with E-state index in [9.17, 15) is 9.59 Å². The van der Waals surface area contributed by atoms with Crippen molar-refractivity contribution in [2.45, 2.75) is 51.4 Å². The quantitative estimate of drug-likeness (QED) is 0.552. The van der Waals surface area contributed by atoms with Gasteiger partial charge in [0.25, 0.3) is 0 Å². The lowest BCUT2D eigenvalue weighted by Crippen LogP contribution is -2.31. The number of ether oxygens (including phenoxy) is 2. The Labute approximate surface area is 155 Å². The predicted octanol–water partition coefficient (Wildman–Crippen LogP) is 3.52. The van der Waals surface area contributed by atoms with Crippen LogP contribution in [0.2, 0.25) is 0 Å². The fraction of sp³-hybridized carbons (Fsp3) is 0.619. The Hall–Kier alpha value is -2.04. The maximum Gasteiger partial charge on any atom is 0.315 e. The Morgan fingerprint density at radius 2 is 1.92 bits per heavy atom. The molecule has 5 heteroatoms. The first-order valence-corrected chi connectivity index (χ1v) is 9.82. The van der Waals surface area contributed by atoms with E-state index in [-0.39, 0.29) is 12.3 Å². The van der Waals surface area contributed by atoms with Crippen molar-refractivity contribution in [1.82, 2.24) is 4.90 Å². The molecular formula is C21H29NO4. The Balaban J connectivity index is 1.49. The Morgan fingerprint density at radius 3 is 2.69 bits per heavy atom. The van der Waals surface area contributed by atoms with Crippen molar-refractivity contribution >= 4 is 11.9 Å². The molecule has 0 N–H and O–H groups in total. The van der Waals surface area contributed by atoms with Crippen LogP contribution >= 0.6 is 0 Å². The molecule has 0 bridgehead atoms. The van der Waals surface area contributed by atoms with Gasteiger partial charge in [-0.25, -0.2) is 0 Å². The standard InChI is InChI=1S/C21H29NO4/c1-2-25-21(24)13-20(23)22-12-11-16(14-22)15-26-19-10-6-5-9-18(19)17-7-3-4-8-17/h5-6,9-10,16-17H,2-4,7-8,11-15H2,1H3.